The molecule has 1 aromatic rings. The van der Waals surface area contributed by atoms with E-state index in [2.05, 4.69) is 6.58 Å². The maximum absolute atomic E-state index is 12.2. The van der Waals surface area contributed by atoms with E-state index in [1.54, 1.807) is 24.3 Å². The first-order valence-corrected chi connectivity index (χ1v) is 4.56. The highest BCUT2D eigenvalue weighted by molar-refractivity contribution is 5.51. The number of alkyl halides is 3. The number of hydrogen-bond acceptors (Lipinski definition) is 2. The summed E-state index contributed by atoms with van der Waals surface area (Å²) in [4.78, 5) is 1.03. The number of methoxy groups -OCH3 is 1. The molecule has 5 heteroatoms. The Kier molecular flexibility index (Phi) is 3.82. The lowest BCUT2D eigenvalue weighted by Crippen LogP contribution is -2.29. The Morgan fingerprint density at radius 2 is 1.88 bits per heavy atom. The maximum Gasteiger partial charge on any atom is 0.406 e. The van der Waals surface area contributed by atoms with Crippen LogP contribution in [0.3, 0.4) is 0 Å². The van der Waals surface area contributed by atoms with E-state index in [0.29, 0.717) is 11.4 Å². The minimum Gasteiger partial charge on any atom is -0.497 e. The first-order chi connectivity index (χ1) is 7.46. The van der Waals surface area contributed by atoms with Crippen molar-refractivity contribution < 1.29 is 17.9 Å². The molecule has 1 rings (SSSR count). The van der Waals surface area contributed by atoms with Crippen LogP contribution in [0.25, 0.3) is 0 Å². The molecule has 0 aliphatic rings. The molecule has 2 nitrogen and oxygen atoms in total. The zero-order valence-corrected chi connectivity index (χ0v) is 8.79. The predicted octanol–water partition coefficient (Wildman–Crippen LogP) is 3.21. The van der Waals surface area contributed by atoms with Crippen molar-refractivity contribution >= 4 is 5.69 Å². The van der Waals surface area contributed by atoms with Gasteiger partial charge < -0.3 is 9.64 Å². The number of benzene rings is 1. The second kappa shape index (κ2) is 4.92. The van der Waals surface area contributed by atoms with E-state index in [-0.39, 0.29) is 0 Å². The second-order valence-electron chi connectivity index (χ2n) is 3.12. The second-order valence-corrected chi connectivity index (χ2v) is 3.12. The number of anilines is 1. The summed E-state index contributed by atoms with van der Waals surface area (Å²) in [5.74, 6) is 0.597. The molecule has 0 atom stereocenters. The van der Waals surface area contributed by atoms with Gasteiger partial charge >= 0.3 is 6.18 Å². The van der Waals surface area contributed by atoms with Crippen molar-refractivity contribution in [3.63, 3.8) is 0 Å². The predicted molar refractivity (Wildman–Crippen MR) is 56.6 cm³/mol. The van der Waals surface area contributed by atoms with Crippen LogP contribution in [-0.2, 0) is 0 Å². The van der Waals surface area contributed by atoms with Gasteiger partial charge in [0.25, 0.3) is 0 Å². The molecular weight excluding hydrogens is 219 g/mol. The van der Waals surface area contributed by atoms with Crippen LogP contribution in [0.15, 0.2) is 37.0 Å². The first kappa shape index (κ1) is 12.4. The molecule has 0 spiro atoms. The van der Waals surface area contributed by atoms with Gasteiger partial charge in [0.05, 0.1) is 7.11 Å². The summed E-state index contributed by atoms with van der Waals surface area (Å²) < 4.78 is 41.5. The number of hydrogen-bond donors (Lipinski definition) is 0. The summed E-state index contributed by atoms with van der Waals surface area (Å²) in [5, 5.41) is 0. The smallest absolute Gasteiger partial charge is 0.406 e. The molecule has 0 unspecified atom stereocenters. The lowest BCUT2D eigenvalue weighted by molar-refractivity contribution is -0.118. The molecule has 0 bridgehead atoms. The number of ether oxygens (including phenoxy) is 1. The minimum atomic E-state index is -4.26. The molecule has 1 aromatic carbocycles. The Balaban J connectivity index is 2.83. The van der Waals surface area contributed by atoms with Crippen molar-refractivity contribution in [2.24, 2.45) is 0 Å². The van der Waals surface area contributed by atoms with Crippen LogP contribution < -0.4 is 9.64 Å². The van der Waals surface area contributed by atoms with Gasteiger partial charge in [0, 0.05) is 5.69 Å². The van der Waals surface area contributed by atoms with Crippen LogP contribution >= 0.6 is 0 Å². The van der Waals surface area contributed by atoms with Gasteiger partial charge in [0.2, 0.25) is 0 Å². The number of rotatable bonds is 4. The lowest BCUT2D eigenvalue weighted by atomic mass is 10.3. The van der Waals surface area contributed by atoms with E-state index in [9.17, 15) is 13.2 Å². The Morgan fingerprint density at radius 1 is 1.31 bits per heavy atom. The van der Waals surface area contributed by atoms with Crippen LogP contribution in [0.4, 0.5) is 18.9 Å². The summed E-state index contributed by atoms with van der Waals surface area (Å²) in [6.07, 6.45) is -3.11. The molecule has 0 saturated carbocycles. The maximum atomic E-state index is 12.2. The number of halogens is 3. The van der Waals surface area contributed by atoms with Crippen molar-refractivity contribution in [1.29, 1.82) is 0 Å². The van der Waals surface area contributed by atoms with Crippen LogP contribution in [0.2, 0.25) is 0 Å². The van der Waals surface area contributed by atoms with Crippen molar-refractivity contribution in [2.45, 2.75) is 6.18 Å². The molecule has 0 aliphatic heterocycles. The highest BCUT2D eigenvalue weighted by Crippen LogP contribution is 2.24. The van der Waals surface area contributed by atoms with E-state index in [0.717, 1.165) is 11.1 Å². The van der Waals surface area contributed by atoms with Crippen LogP contribution in [0, 0.1) is 0 Å². The largest absolute Gasteiger partial charge is 0.497 e. The normalized spacial score (nSPS) is 11.0. The Morgan fingerprint density at radius 3 is 2.25 bits per heavy atom. The first-order valence-electron chi connectivity index (χ1n) is 4.56. The topological polar surface area (TPSA) is 12.5 Å². The Bertz CT molecular complexity index is 345. The molecule has 0 fully saturated rings. The quantitative estimate of drug-likeness (QED) is 0.788. The molecule has 0 N–H and O–H groups in total. The summed E-state index contributed by atoms with van der Waals surface area (Å²) in [5.41, 5.74) is 0.424. The molecule has 0 aliphatic carbocycles. The zero-order valence-electron chi connectivity index (χ0n) is 8.79. The zero-order chi connectivity index (χ0) is 12.2. The highest BCUT2D eigenvalue weighted by atomic mass is 19.4. The van der Waals surface area contributed by atoms with Crippen LogP contribution in [-0.4, -0.2) is 19.8 Å². The van der Waals surface area contributed by atoms with E-state index >= 15 is 0 Å². The summed E-state index contributed by atoms with van der Waals surface area (Å²) in [7, 11) is 1.50. The van der Waals surface area contributed by atoms with Gasteiger partial charge in [-0.25, -0.2) is 0 Å². The van der Waals surface area contributed by atoms with Gasteiger partial charge in [-0.2, -0.15) is 13.2 Å². The number of nitrogens with zero attached hydrogens (tertiary/aromatic N) is 1. The molecule has 0 saturated heterocycles. The summed E-state index contributed by atoms with van der Waals surface area (Å²) in [6, 6.07) is 6.29. The van der Waals surface area contributed by atoms with Gasteiger partial charge in [-0.15, -0.1) is 0 Å². The third-order valence-electron chi connectivity index (χ3n) is 1.97. The SMILES string of the molecule is C=CN(CC(F)(F)F)c1ccc(OC)cc1. The summed E-state index contributed by atoms with van der Waals surface area (Å²) in [6.45, 7) is 2.31. The van der Waals surface area contributed by atoms with E-state index in [1.807, 2.05) is 0 Å². The average molecular weight is 231 g/mol. The Labute approximate surface area is 91.9 Å². The van der Waals surface area contributed by atoms with Gasteiger partial charge in [-0.3, -0.25) is 0 Å². The van der Waals surface area contributed by atoms with Gasteiger partial charge in [-0.05, 0) is 30.5 Å². The standard InChI is InChI=1S/C11H12F3NO/c1-3-15(8-11(12,13)14)9-4-6-10(16-2)7-5-9/h3-7H,1,8H2,2H3. The fourth-order valence-electron chi connectivity index (χ4n) is 1.23. The van der Waals surface area contributed by atoms with E-state index < -0.39 is 12.7 Å². The fourth-order valence-corrected chi connectivity index (χ4v) is 1.23. The molecule has 88 valence electrons. The molecule has 0 radical (unpaired) electrons. The summed E-state index contributed by atoms with van der Waals surface area (Å²) >= 11 is 0. The molecular formula is C11H12F3NO. The van der Waals surface area contributed by atoms with Crippen molar-refractivity contribution in [1.82, 2.24) is 0 Å². The van der Waals surface area contributed by atoms with Gasteiger partial charge in [-0.1, -0.05) is 6.58 Å². The van der Waals surface area contributed by atoms with E-state index in [1.165, 1.54) is 7.11 Å². The van der Waals surface area contributed by atoms with Gasteiger partial charge in [0.15, 0.2) is 0 Å². The lowest BCUT2D eigenvalue weighted by Gasteiger charge is -2.21. The average Bonchev–Trinajstić information content (AvgIpc) is 2.25. The molecule has 0 amide bonds. The monoisotopic (exact) mass is 231 g/mol. The third-order valence-corrected chi connectivity index (χ3v) is 1.97. The molecule has 0 aromatic heterocycles. The Hall–Kier alpha value is -1.65. The highest BCUT2D eigenvalue weighted by Gasteiger charge is 2.30. The fraction of sp³-hybridized carbons (Fsp3) is 0.273. The van der Waals surface area contributed by atoms with E-state index in [4.69, 9.17) is 4.74 Å². The molecule has 0 heterocycles. The minimum absolute atomic E-state index is 0.424. The van der Waals surface area contributed by atoms with Crippen molar-refractivity contribution in [3.05, 3.63) is 37.0 Å². The third kappa shape index (κ3) is 3.49. The van der Waals surface area contributed by atoms with Crippen molar-refractivity contribution in [2.75, 3.05) is 18.6 Å². The van der Waals surface area contributed by atoms with Crippen LogP contribution in [0.5, 0.6) is 5.75 Å². The van der Waals surface area contributed by atoms with Crippen molar-refractivity contribution in [3.8, 4) is 5.75 Å². The van der Waals surface area contributed by atoms with Gasteiger partial charge in [0.1, 0.15) is 12.3 Å². The van der Waals surface area contributed by atoms with Crippen LogP contribution in [0.1, 0.15) is 0 Å². The molecule has 16 heavy (non-hydrogen) atoms.